The van der Waals surface area contributed by atoms with Crippen molar-refractivity contribution in [3.8, 4) is 5.75 Å². The van der Waals surface area contributed by atoms with E-state index >= 15 is 0 Å². The highest BCUT2D eigenvalue weighted by atomic mass is 16.6. The average Bonchev–Trinajstić information content (AvgIpc) is 2.43. The Kier molecular flexibility index (Phi) is 5.01. The van der Waals surface area contributed by atoms with Crippen LogP contribution in [0, 0.1) is 0 Å². The summed E-state index contributed by atoms with van der Waals surface area (Å²) in [6, 6.07) is 8.39. The number of piperidine rings is 1. The zero-order valence-electron chi connectivity index (χ0n) is 12.6. The fourth-order valence-electron chi connectivity index (χ4n) is 2.61. The van der Waals surface area contributed by atoms with E-state index in [-0.39, 0.29) is 6.09 Å². The standard InChI is InChI=1S/C16H24N2O2/c1-17(2)16(19)20-15-10-5-4-8-13(15)12-14-9-6-7-11-18(14)3/h4-5,8,10,14H,6-7,9,11-12H2,1-3H3. The second kappa shape index (κ2) is 6.75. The predicted octanol–water partition coefficient (Wildman–Crippen LogP) is 2.77. The quantitative estimate of drug-likeness (QED) is 0.851. The Hall–Kier alpha value is -1.55. The lowest BCUT2D eigenvalue weighted by atomic mass is 9.96. The number of para-hydroxylation sites is 1. The molecule has 1 saturated heterocycles. The topological polar surface area (TPSA) is 32.8 Å². The lowest BCUT2D eigenvalue weighted by molar-refractivity contribution is 0.168. The predicted molar refractivity (Wildman–Crippen MR) is 80.1 cm³/mol. The molecule has 1 heterocycles. The van der Waals surface area contributed by atoms with Gasteiger partial charge in [-0.1, -0.05) is 24.6 Å². The van der Waals surface area contributed by atoms with E-state index in [9.17, 15) is 4.79 Å². The van der Waals surface area contributed by atoms with Gasteiger partial charge in [-0.2, -0.15) is 0 Å². The van der Waals surface area contributed by atoms with Crippen LogP contribution >= 0.6 is 0 Å². The minimum atomic E-state index is -0.325. The van der Waals surface area contributed by atoms with Crippen molar-refractivity contribution in [3.05, 3.63) is 29.8 Å². The smallest absolute Gasteiger partial charge is 0.410 e. The molecule has 2 rings (SSSR count). The van der Waals surface area contributed by atoms with Gasteiger partial charge < -0.3 is 14.5 Å². The number of carbonyl (C=O) groups excluding carboxylic acids is 1. The summed E-state index contributed by atoms with van der Waals surface area (Å²) in [5, 5.41) is 0. The van der Waals surface area contributed by atoms with Gasteiger partial charge in [0.2, 0.25) is 0 Å². The van der Waals surface area contributed by atoms with E-state index in [0.717, 1.165) is 18.5 Å². The fraction of sp³-hybridized carbons (Fsp3) is 0.562. The lowest BCUT2D eigenvalue weighted by Gasteiger charge is -2.32. The summed E-state index contributed by atoms with van der Waals surface area (Å²) in [4.78, 5) is 15.6. The molecule has 1 unspecified atom stereocenters. The highest BCUT2D eigenvalue weighted by molar-refractivity contribution is 5.70. The molecule has 0 spiro atoms. The molecule has 1 atom stereocenters. The van der Waals surface area contributed by atoms with Gasteiger partial charge in [-0.05, 0) is 44.5 Å². The van der Waals surface area contributed by atoms with Crippen LogP contribution in [0.3, 0.4) is 0 Å². The Morgan fingerprint density at radius 3 is 2.80 bits per heavy atom. The molecule has 0 saturated carbocycles. The molecule has 0 radical (unpaired) electrons. The summed E-state index contributed by atoms with van der Waals surface area (Å²) in [6.07, 6.45) is 4.40. The van der Waals surface area contributed by atoms with Crippen LogP contribution in [0.5, 0.6) is 5.75 Å². The van der Waals surface area contributed by atoms with Gasteiger partial charge in [0.1, 0.15) is 5.75 Å². The molecular formula is C16H24N2O2. The van der Waals surface area contributed by atoms with Gasteiger partial charge in [0.25, 0.3) is 0 Å². The Labute approximate surface area is 121 Å². The van der Waals surface area contributed by atoms with Crippen molar-refractivity contribution < 1.29 is 9.53 Å². The SMILES string of the molecule is CN(C)C(=O)Oc1ccccc1CC1CCCCN1C. The van der Waals surface area contributed by atoms with Crippen LogP contribution in [0.15, 0.2) is 24.3 Å². The number of carbonyl (C=O) groups is 1. The van der Waals surface area contributed by atoms with Gasteiger partial charge in [0, 0.05) is 20.1 Å². The maximum absolute atomic E-state index is 11.7. The van der Waals surface area contributed by atoms with Crippen molar-refractivity contribution in [1.82, 2.24) is 9.80 Å². The number of nitrogens with zero attached hydrogens (tertiary/aromatic N) is 2. The molecule has 1 aromatic rings. The zero-order valence-corrected chi connectivity index (χ0v) is 12.6. The molecule has 1 aliphatic rings. The van der Waals surface area contributed by atoms with Gasteiger partial charge in [-0.25, -0.2) is 4.79 Å². The first-order valence-corrected chi connectivity index (χ1v) is 7.25. The van der Waals surface area contributed by atoms with Crippen molar-refractivity contribution in [2.75, 3.05) is 27.7 Å². The van der Waals surface area contributed by atoms with Crippen LogP contribution in [-0.4, -0.2) is 49.6 Å². The van der Waals surface area contributed by atoms with Crippen molar-refractivity contribution in [3.63, 3.8) is 0 Å². The van der Waals surface area contributed by atoms with Gasteiger partial charge in [0.05, 0.1) is 0 Å². The number of hydrogen-bond donors (Lipinski definition) is 0. The summed E-state index contributed by atoms with van der Waals surface area (Å²) >= 11 is 0. The number of likely N-dealkylation sites (tertiary alicyclic amines) is 1. The second-order valence-electron chi connectivity index (χ2n) is 5.70. The van der Waals surface area contributed by atoms with E-state index in [0.29, 0.717) is 11.8 Å². The maximum atomic E-state index is 11.7. The molecule has 0 aromatic heterocycles. The Morgan fingerprint density at radius 2 is 2.10 bits per heavy atom. The molecule has 0 bridgehead atoms. The highest BCUT2D eigenvalue weighted by Crippen LogP contribution is 2.25. The van der Waals surface area contributed by atoms with Crippen LogP contribution in [0.25, 0.3) is 0 Å². The zero-order chi connectivity index (χ0) is 14.5. The van der Waals surface area contributed by atoms with E-state index in [1.54, 1.807) is 14.1 Å². The Balaban J connectivity index is 2.09. The van der Waals surface area contributed by atoms with Gasteiger partial charge >= 0.3 is 6.09 Å². The third kappa shape index (κ3) is 3.73. The lowest BCUT2D eigenvalue weighted by Crippen LogP contribution is -2.37. The molecule has 1 amide bonds. The molecule has 1 aromatic carbocycles. The van der Waals surface area contributed by atoms with Crippen molar-refractivity contribution >= 4 is 6.09 Å². The van der Waals surface area contributed by atoms with Crippen molar-refractivity contribution in [2.24, 2.45) is 0 Å². The van der Waals surface area contributed by atoms with Crippen LogP contribution < -0.4 is 4.74 Å². The molecule has 20 heavy (non-hydrogen) atoms. The van der Waals surface area contributed by atoms with Gasteiger partial charge in [0.15, 0.2) is 0 Å². The van der Waals surface area contributed by atoms with E-state index in [2.05, 4.69) is 18.0 Å². The first kappa shape index (κ1) is 14.9. The number of hydrogen-bond acceptors (Lipinski definition) is 3. The third-order valence-electron chi connectivity index (χ3n) is 3.91. The first-order valence-electron chi connectivity index (χ1n) is 7.25. The first-order chi connectivity index (χ1) is 9.58. The molecule has 4 nitrogen and oxygen atoms in total. The maximum Gasteiger partial charge on any atom is 0.414 e. The van der Waals surface area contributed by atoms with E-state index in [4.69, 9.17) is 4.74 Å². The number of rotatable bonds is 3. The molecule has 0 aliphatic carbocycles. The summed E-state index contributed by atoms with van der Waals surface area (Å²) in [6.45, 7) is 1.16. The number of benzene rings is 1. The van der Waals surface area contributed by atoms with Crippen LogP contribution in [0.1, 0.15) is 24.8 Å². The van der Waals surface area contributed by atoms with Crippen molar-refractivity contribution in [1.29, 1.82) is 0 Å². The summed E-state index contributed by atoms with van der Waals surface area (Å²) in [5.41, 5.74) is 1.11. The van der Waals surface area contributed by atoms with Crippen LogP contribution in [0.2, 0.25) is 0 Å². The minimum absolute atomic E-state index is 0.325. The fourth-order valence-corrected chi connectivity index (χ4v) is 2.61. The second-order valence-corrected chi connectivity index (χ2v) is 5.70. The summed E-state index contributed by atoms with van der Waals surface area (Å²) < 4.78 is 5.45. The average molecular weight is 276 g/mol. The Bertz CT molecular complexity index is 460. The van der Waals surface area contributed by atoms with Crippen molar-refractivity contribution in [2.45, 2.75) is 31.7 Å². The molecular weight excluding hydrogens is 252 g/mol. The van der Waals surface area contributed by atoms with E-state index < -0.39 is 0 Å². The number of amides is 1. The molecule has 1 aliphatic heterocycles. The largest absolute Gasteiger partial charge is 0.414 e. The number of likely N-dealkylation sites (N-methyl/N-ethyl adjacent to an activating group) is 1. The van der Waals surface area contributed by atoms with Gasteiger partial charge in [-0.3, -0.25) is 0 Å². The van der Waals surface area contributed by atoms with Crippen LogP contribution in [0.4, 0.5) is 4.79 Å². The van der Waals surface area contributed by atoms with E-state index in [1.165, 1.54) is 24.2 Å². The third-order valence-corrected chi connectivity index (χ3v) is 3.91. The number of ether oxygens (including phenoxy) is 1. The minimum Gasteiger partial charge on any atom is -0.410 e. The Morgan fingerprint density at radius 1 is 1.35 bits per heavy atom. The molecule has 4 heteroatoms. The normalized spacial score (nSPS) is 19.6. The monoisotopic (exact) mass is 276 g/mol. The molecule has 110 valence electrons. The van der Waals surface area contributed by atoms with E-state index in [1.807, 2.05) is 18.2 Å². The van der Waals surface area contributed by atoms with Gasteiger partial charge in [-0.15, -0.1) is 0 Å². The molecule has 0 N–H and O–H groups in total. The summed E-state index contributed by atoms with van der Waals surface area (Å²) in [7, 11) is 5.57. The van der Waals surface area contributed by atoms with Crippen LogP contribution in [-0.2, 0) is 6.42 Å². The summed E-state index contributed by atoms with van der Waals surface area (Å²) in [5.74, 6) is 0.685. The molecule has 1 fully saturated rings. The highest BCUT2D eigenvalue weighted by Gasteiger charge is 2.21.